The zero-order valence-electron chi connectivity index (χ0n) is 24.3. The lowest BCUT2D eigenvalue weighted by Gasteiger charge is -2.19. The van der Waals surface area contributed by atoms with Crippen molar-refractivity contribution >= 4 is 52.3 Å². The summed E-state index contributed by atoms with van der Waals surface area (Å²) in [6.07, 6.45) is 3.80. The molecule has 3 rings (SSSR count). The number of carbonyl (C=O) groups excluding carboxylic acids is 3. The highest BCUT2D eigenvalue weighted by molar-refractivity contribution is 7.07. The largest absolute Gasteiger partial charge is 0.462 e. The number of thiazole rings is 1. The number of esters is 1. The van der Waals surface area contributed by atoms with Crippen molar-refractivity contribution in [1.82, 2.24) is 14.8 Å². The van der Waals surface area contributed by atoms with Crippen LogP contribution in [0.25, 0.3) is 11.8 Å². The second-order valence-electron chi connectivity index (χ2n) is 10.6. The highest BCUT2D eigenvalue weighted by Gasteiger charge is 2.22. The van der Waals surface area contributed by atoms with Crippen molar-refractivity contribution in [2.24, 2.45) is 5.41 Å². The van der Waals surface area contributed by atoms with E-state index in [2.05, 4.69) is 20.9 Å². The zero-order valence-corrected chi connectivity index (χ0v) is 25.1. The number of nitriles is 1. The molecule has 3 N–H and O–H groups in total. The van der Waals surface area contributed by atoms with Crippen molar-refractivity contribution in [2.75, 3.05) is 43.4 Å². The van der Waals surface area contributed by atoms with Crippen LogP contribution in [0.15, 0.2) is 23.0 Å². The van der Waals surface area contributed by atoms with Gasteiger partial charge in [0, 0.05) is 48.2 Å². The Bertz CT molecular complexity index is 1510. The molecule has 1 saturated heterocycles. The SMILES string of the molecule is CCOC(=O)/C(C#N)=c1\s/c(=C/Nc2cc(NC(=O)C(C)(C)C)cc(C(=O)NCCN3CCCC3)c2)c(=O)n1CC. The van der Waals surface area contributed by atoms with Crippen LogP contribution in [0.4, 0.5) is 11.4 Å². The molecule has 12 heteroatoms. The lowest BCUT2D eigenvalue weighted by molar-refractivity contribution is -0.136. The Hall–Kier alpha value is -3.95. The third-order valence-electron chi connectivity index (χ3n) is 6.45. The fraction of sp³-hybridized carbons (Fsp3) is 0.483. The van der Waals surface area contributed by atoms with Gasteiger partial charge in [-0.05, 0) is 58.0 Å². The number of aromatic nitrogens is 1. The molecule has 0 bridgehead atoms. The second kappa shape index (κ2) is 14.1. The molecule has 0 radical (unpaired) electrons. The van der Waals surface area contributed by atoms with Crippen molar-refractivity contribution in [1.29, 1.82) is 5.26 Å². The molecule has 1 aromatic carbocycles. The van der Waals surface area contributed by atoms with Crippen molar-refractivity contribution in [3.05, 3.63) is 43.3 Å². The summed E-state index contributed by atoms with van der Waals surface area (Å²) in [4.78, 5) is 53.4. The van der Waals surface area contributed by atoms with Gasteiger partial charge in [-0.3, -0.25) is 19.0 Å². The molecule has 2 amide bonds. The highest BCUT2D eigenvalue weighted by atomic mass is 32.1. The maximum absolute atomic E-state index is 13.1. The van der Waals surface area contributed by atoms with Gasteiger partial charge >= 0.3 is 5.97 Å². The summed E-state index contributed by atoms with van der Waals surface area (Å²) in [6.45, 7) is 12.4. The molecule has 2 aromatic rings. The Labute approximate surface area is 243 Å². The molecule has 1 aliphatic heterocycles. The number of anilines is 2. The minimum atomic E-state index is -0.791. The number of rotatable bonds is 10. The quantitative estimate of drug-likeness (QED) is 0.360. The van der Waals surface area contributed by atoms with Crippen molar-refractivity contribution in [3.8, 4) is 6.07 Å². The van der Waals surface area contributed by atoms with Gasteiger partial charge in [0.1, 0.15) is 15.3 Å². The maximum Gasteiger partial charge on any atom is 0.351 e. The Morgan fingerprint density at radius 1 is 1.12 bits per heavy atom. The van der Waals surface area contributed by atoms with Gasteiger partial charge < -0.3 is 25.6 Å². The van der Waals surface area contributed by atoms with E-state index in [4.69, 9.17) is 4.74 Å². The topological polar surface area (TPSA) is 146 Å². The summed E-state index contributed by atoms with van der Waals surface area (Å²) in [5.74, 6) is -1.29. The van der Waals surface area contributed by atoms with Gasteiger partial charge in [0.2, 0.25) is 5.91 Å². The fourth-order valence-corrected chi connectivity index (χ4v) is 5.27. The molecule has 2 heterocycles. The standard InChI is InChI=1S/C29H38N6O5S/c1-6-35-25(37)23(41-26(35)22(17-30)27(38)40-7-2)18-32-20-14-19(15-21(16-20)33-28(39)29(3,4)5)24(36)31-10-13-34-11-8-9-12-34/h14-16,18,32H,6-13H2,1-5H3,(H,31,36)(H,33,39)/b23-18+,26-22-. The van der Waals surface area contributed by atoms with E-state index in [0.717, 1.165) is 31.0 Å². The normalized spacial score (nSPS) is 14.8. The van der Waals surface area contributed by atoms with Crippen LogP contribution in [0.5, 0.6) is 0 Å². The molecule has 11 nitrogen and oxygen atoms in total. The first kappa shape index (κ1) is 31.6. The smallest absolute Gasteiger partial charge is 0.351 e. The molecule has 0 saturated carbocycles. The van der Waals surface area contributed by atoms with Gasteiger partial charge in [-0.15, -0.1) is 11.3 Å². The summed E-state index contributed by atoms with van der Waals surface area (Å²) in [5.41, 5.74) is -0.0410. The molecule has 41 heavy (non-hydrogen) atoms. The summed E-state index contributed by atoms with van der Waals surface area (Å²) in [7, 11) is 0. The lowest BCUT2D eigenvalue weighted by atomic mass is 9.95. The zero-order chi connectivity index (χ0) is 30.2. The van der Waals surface area contributed by atoms with E-state index in [9.17, 15) is 24.4 Å². The summed E-state index contributed by atoms with van der Waals surface area (Å²) in [5, 5.41) is 18.4. The first-order valence-corrected chi connectivity index (χ1v) is 14.5. The highest BCUT2D eigenvalue weighted by Crippen LogP contribution is 2.23. The van der Waals surface area contributed by atoms with Crippen LogP contribution in [0.3, 0.4) is 0 Å². The molecule has 220 valence electrons. The minimum Gasteiger partial charge on any atom is -0.462 e. The van der Waals surface area contributed by atoms with Crippen molar-refractivity contribution in [2.45, 2.75) is 54.0 Å². The van der Waals surface area contributed by atoms with E-state index < -0.39 is 11.4 Å². The molecular weight excluding hydrogens is 544 g/mol. The van der Waals surface area contributed by atoms with Gasteiger partial charge in [-0.25, -0.2) is 4.79 Å². The molecule has 1 fully saturated rings. The Morgan fingerprint density at radius 2 is 1.80 bits per heavy atom. The maximum atomic E-state index is 13.1. The van der Waals surface area contributed by atoms with E-state index in [1.807, 2.05) is 6.07 Å². The van der Waals surface area contributed by atoms with Crippen molar-refractivity contribution in [3.63, 3.8) is 0 Å². The van der Waals surface area contributed by atoms with Crippen molar-refractivity contribution < 1.29 is 19.1 Å². The fourth-order valence-electron chi connectivity index (χ4n) is 4.19. The van der Waals surface area contributed by atoms with E-state index in [-0.39, 0.29) is 45.3 Å². The number of nitrogens with one attached hydrogen (secondary N) is 3. The Kier molecular flexibility index (Phi) is 10.9. The predicted molar refractivity (Wildman–Crippen MR) is 160 cm³/mol. The van der Waals surface area contributed by atoms with Crippen LogP contribution in [-0.2, 0) is 20.9 Å². The van der Waals surface area contributed by atoms with Gasteiger partial charge in [0.25, 0.3) is 11.5 Å². The number of likely N-dealkylation sites (tertiary alicyclic amines) is 1. The van der Waals surface area contributed by atoms with E-state index >= 15 is 0 Å². The second-order valence-corrected chi connectivity index (χ2v) is 11.7. The third-order valence-corrected chi connectivity index (χ3v) is 7.58. The van der Waals surface area contributed by atoms with Gasteiger partial charge in [-0.2, -0.15) is 5.26 Å². The lowest BCUT2D eigenvalue weighted by Crippen LogP contribution is -2.33. The molecule has 0 atom stereocenters. The van der Waals surface area contributed by atoms with Crippen LogP contribution in [0, 0.1) is 16.7 Å². The number of hydrogen-bond donors (Lipinski definition) is 3. The monoisotopic (exact) mass is 582 g/mol. The van der Waals surface area contributed by atoms with Crippen LogP contribution in [0.2, 0.25) is 0 Å². The average Bonchev–Trinajstić information content (AvgIpc) is 3.55. The minimum absolute atomic E-state index is 0.0997. The molecule has 1 aromatic heterocycles. The summed E-state index contributed by atoms with van der Waals surface area (Å²) >= 11 is 0.987. The third kappa shape index (κ3) is 8.28. The Balaban J connectivity index is 1.96. The van der Waals surface area contributed by atoms with E-state index in [0.29, 0.717) is 23.5 Å². The molecule has 0 spiro atoms. The van der Waals surface area contributed by atoms with Crippen LogP contribution < -0.4 is 30.7 Å². The Morgan fingerprint density at radius 3 is 2.41 bits per heavy atom. The molecular formula is C29H38N6O5S. The van der Waals surface area contributed by atoms with Gasteiger partial charge in [-0.1, -0.05) is 20.8 Å². The van der Waals surface area contributed by atoms with Gasteiger partial charge in [0.15, 0.2) is 5.57 Å². The number of benzene rings is 1. The van der Waals surface area contributed by atoms with Crippen LogP contribution >= 0.6 is 11.3 Å². The summed E-state index contributed by atoms with van der Waals surface area (Å²) < 4.78 is 6.77. The first-order chi connectivity index (χ1) is 19.5. The van der Waals surface area contributed by atoms with Crippen LogP contribution in [-0.4, -0.2) is 60.0 Å². The predicted octanol–water partition coefficient (Wildman–Crippen LogP) is 1.83. The number of hydrogen-bond acceptors (Lipinski definition) is 9. The number of amides is 2. The number of nitrogens with zero attached hydrogens (tertiary/aromatic N) is 3. The van der Waals surface area contributed by atoms with Gasteiger partial charge in [0.05, 0.1) is 6.61 Å². The molecule has 0 aliphatic carbocycles. The summed E-state index contributed by atoms with van der Waals surface area (Å²) in [6, 6.07) is 6.76. The van der Waals surface area contributed by atoms with E-state index in [1.165, 1.54) is 23.6 Å². The van der Waals surface area contributed by atoms with E-state index in [1.54, 1.807) is 52.8 Å². The molecule has 1 aliphatic rings. The first-order valence-electron chi connectivity index (χ1n) is 13.7. The number of carbonyl (C=O) groups is 3. The molecule has 0 unspecified atom stereocenters. The number of ether oxygens (including phenoxy) is 1. The van der Waals surface area contributed by atoms with Crippen LogP contribution in [0.1, 0.15) is 57.8 Å². The average molecular weight is 583 g/mol.